The molecule has 6 nitrogen and oxygen atoms in total. The van der Waals surface area contributed by atoms with Crippen molar-refractivity contribution in [3.05, 3.63) is 17.8 Å². The Bertz CT molecular complexity index is 421. The van der Waals surface area contributed by atoms with Gasteiger partial charge in [0.15, 0.2) is 0 Å². The number of carbonyl (C=O) groups is 1. The Morgan fingerprint density at radius 2 is 2.22 bits per heavy atom. The van der Waals surface area contributed by atoms with Gasteiger partial charge in [0.1, 0.15) is 5.82 Å². The lowest BCUT2D eigenvalue weighted by Gasteiger charge is -2.29. The fourth-order valence-electron chi connectivity index (χ4n) is 1.76. The maximum Gasteiger partial charge on any atom is 0.338 e. The first-order valence-corrected chi connectivity index (χ1v) is 5.83. The molecule has 18 heavy (non-hydrogen) atoms. The van der Waals surface area contributed by atoms with Crippen LogP contribution in [0.25, 0.3) is 0 Å². The molecule has 0 bridgehead atoms. The zero-order valence-electron chi connectivity index (χ0n) is 10.6. The summed E-state index contributed by atoms with van der Waals surface area (Å²) in [6, 6.07) is 1.46. The second-order valence-electron chi connectivity index (χ2n) is 4.30. The fraction of sp³-hybridized carbons (Fsp3) is 0.500. The number of carboxylic acid groups (broad SMARTS) is 1. The predicted molar refractivity (Wildman–Crippen MR) is 69.8 cm³/mol. The molecule has 0 aliphatic rings. The Morgan fingerprint density at radius 1 is 1.56 bits per heavy atom. The van der Waals surface area contributed by atoms with E-state index in [1.54, 1.807) is 0 Å². The molecule has 0 saturated heterocycles. The molecule has 6 heteroatoms. The number of hydrogen-bond donors (Lipinski definition) is 3. The first-order valence-electron chi connectivity index (χ1n) is 5.83. The molecule has 0 fully saturated rings. The van der Waals surface area contributed by atoms with Crippen LogP contribution in [0.5, 0.6) is 0 Å². The van der Waals surface area contributed by atoms with E-state index < -0.39 is 5.97 Å². The number of aliphatic hydroxyl groups excluding tert-OH is 1. The number of pyridine rings is 1. The molecule has 4 N–H and O–H groups in total. The SMILES string of the molecule is CC(C)N(CCCO)c1cnc(N)cc1C(=O)O. The van der Waals surface area contributed by atoms with E-state index in [4.69, 9.17) is 10.8 Å². The van der Waals surface area contributed by atoms with E-state index in [-0.39, 0.29) is 24.0 Å². The summed E-state index contributed by atoms with van der Waals surface area (Å²) in [6.45, 7) is 4.55. The number of aromatic nitrogens is 1. The van der Waals surface area contributed by atoms with E-state index in [0.717, 1.165) is 0 Å². The number of anilines is 2. The summed E-state index contributed by atoms with van der Waals surface area (Å²) in [5.74, 6) is -0.851. The average molecular weight is 253 g/mol. The van der Waals surface area contributed by atoms with Gasteiger partial charge in [-0.3, -0.25) is 0 Å². The van der Waals surface area contributed by atoms with Crippen molar-refractivity contribution in [3.8, 4) is 0 Å². The number of nitrogens with zero attached hydrogens (tertiary/aromatic N) is 2. The highest BCUT2D eigenvalue weighted by Gasteiger charge is 2.19. The molecule has 0 aliphatic carbocycles. The first kappa shape index (κ1) is 14.2. The largest absolute Gasteiger partial charge is 0.478 e. The Balaban J connectivity index is 3.14. The van der Waals surface area contributed by atoms with Crippen molar-refractivity contribution in [2.45, 2.75) is 26.3 Å². The highest BCUT2D eigenvalue weighted by Crippen LogP contribution is 2.23. The third kappa shape index (κ3) is 3.33. The molecule has 0 radical (unpaired) electrons. The Hall–Kier alpha value is -1.82. The van der Waals surface area contributed by atoms with Crippen LogP contribution in [-0.4, -0.2) is 40.4 Å². The summed E-state index contributed by atoms with van der Waals surface area (Å²) in [4.78, 5) is 17.1. The number of rotatable bonds is 6. The minimum absolute atomic E-state index is 0.0635. The minimum atomic E-state index is -1.03. The molecule has 0 saturated carbocycles. The van der Waals surface area contributed by atoms with Crippen LogP contribution >= 0.6 is 0 Å². The molecule has 1 heterocycles. The van der Waals surface area contributed by atoms with Crippen molar-refractivity contribution in [1.29, 1.82) is 0 Å². The third-order valence-electron chi connectivity index (χ3n) is 2.62. The molecule has 0 unspecified atom stereocenters. The maximum atomic E-state index is 11.2. The molecule has 0 spiro atoms. The highest BCUT2D eigenvalue weighted by molar-refractivity contribution is 5.95. The minimum Gasteiger partial charge on any atom is -0.478 e. The van der Waals surface area contributed by atoms with Crippen LogP contribution in [0.3, 0.4) is 0 Å². The van der Waals surface area contributed by atoms with Crippen molar-refractivity contribution in [2.24, 2.45) is 0 Å². The summed E-state index contributed by atoms with van der Waals surface area (Å²) in [5, 5.41) is 18.1. The van der Waals surface area contributed by atoms with Crippen LogP contribution in [0.1, 0.15) is 30.6 Å². The Labute approximate surface area is 106 Å². The molecular formula is C12H19N3O3. The summed E-state index contributed by atoms with van der Waals surface area (Å²) in [6.07, 6.45) is 2.04. The number of nitrogen functional groups attached to an aromatic ring is 1. The molecule has 100 valence electrons. The summed E-state index contributed by atoms with van der Waals surface area (Å²) < 4.78 is 0. The van der Waals surface area contributed by atoms with Gasteiger partial charge in [-0.05, 0) is 26.3 Å². The Morgan fingerprint density at radius 3 is 2.72 bits per heavy atom. The van der Waals surface area contributed by atoms with Crippen molar-refractivity contribution in [1.82, 2.24) is 4.98 Å². The van der Waals surface area contributed by atoms with Crippen molar-refractivity contribution < 1.29 is 15.0 Å². The fourth-order valence-corrected chi connectivity index (χ4v) is 1.76. The van der Waals surface area contributed by atoms with Crippen LogP contribution in [-0.2, 0) is 0 Å². The van der Waals surface area contributed by atoms with Crippen LogP contribution in [0.4, 0.5) is 11.5 Å². The molecule has 0 amide bonds. The standard InChI is InChI=1S/C12H19N3O3/c1-8(2)15(4-3-5-16)10-7-14-11(13)6-9(10)12(17)18/h6-8,16H,3-5H2,1-2H3,(H2,13,14)(H,17,18). The van der Waals surface area contributed by atoms with Gasteiger partial charge < -0.3 is 20.8 Å². The lowest BCUT2D eigenvalue weighted by molar-refractivity contribution is 0.0697. The average Bonchev–Trinajstić information content (AvgIpc) is 2.30. The summed E-state index contributed by atoms with van der Waals surface area (Å²) >= 11 is 0. The lowest BCUT2D eigenvalue weighted by atomic mass is 10.1. The van der Waals surface area contributed by atoms with Crippen LogP contribution in [0.15, 0.2) is 12.3 Å². The number of nitrogens with two attached hydrogens (primary N) is 1. The molecule has 0 atom stereocenters. The number of aliphatic hydroxyl groups is 1. The van der Waals surface area contributed by atoms with Gasteiger partial charge in [0, 0.05) is 19.2 Å². The van der Waals surface area contributed by atoms with Gasteiger partial charge in [-0.25, -0.2) is 9.78 Å². The third-order valence-corrected chi connectivity index (χ3v) is 2.62. The normalized spacial score (nSPS) is 10.7. The molecule has 1 rings (SSSR count). The highest BCUT2D eigenvalue weighted by atomic mass is 16.4. The van der Waals surface area contributed by atoms with E-state index in [2.05, 4.69) is 4.98 Å². The molecule has 1 aromatic rings. The smallest absolute Gasteiger partial charge is 0.338 e. The van der Waals surface area contributed by atoms with E-state index in [1.807, 2.05) is 18.7 Å². The molecule has 1 aromatic heterocycles. The molecular weight excluding hydrogens is 234 g/mol. The monoisotopic (exact) mass is 253 g/mol. The van der Waals surface area contributed by atoms with Crippen molar-refractivity contribution >= 4 is 17.5 Å². The summed E-state index contributed by atoms with van der Waals surface area (Å²) in [7, 11) is 0. The van der Waals surface area contributed by atoms with Gasteiger partial charge in [-0.15, -0.1) is 0 Å². The van der Waals surface area contributed by atoms with Crippen LogP contribution < -0.4 is 10.6 Å². The molecule has 0 aliphatic heterocycles. The van der Waals surface area contributed by atoms with Gasteiger partial charge in [-0.2, -0.15) is 0 Å². The Kier molecular flexibility index (Phi) is 4.91. The van der Waals surface area contributed by atoms with Gasteiger partial charge in [-0.1, -0.05) is 0 Å². The number of carboxylic acids is 1. The van der Waals surface area contributed by atoms with Crippen molar-refractivity contribution in [2.75, 3.05) is 23.8 Å². The van der Waals surface area contributed by atoms with Crippen LogP contribution in [0, 0.1) is 0 Å². The van der Waals surface area contributed by atoms with E-state index >= 15 is 0 Å². The van der Waals surface area contributed by atoms with Gasteiger partial charge in [0.25, 0.3) is 0 Å². The first-order chi connectivity index (χ1) is 8.47. The molecule has 0 aromatic carbocycles. The van der Waals surface area contributed by atoms with Gasteiger partial charge in [0.2, 0.25) is 0 Å². The van der Waals surface area contributed by atoms with E-state index in [1.165, 1.54) is 12.3 Å². The number of aromatic carboxylic acids is 1. The second kappa shape index (κ2) is 6.20. The quantitative estimate of drug-likeness (QED) is 0.698. The van der Waals surface area contributed by atoms with Gasteiger partial charge >= 0.3 is 5.97 Å². The zero-order valence-corrected chi connectivity index (χ0v) is 10.6. The van der Waals surface area contributed by atoms with Crippen molar-refractivity contribution in [3.63, 3.8) is 0 Å². The number of hydrogen-bond acceptors (Lipinski definition) is 5. The van der Waals surface area contributed by atoms with E-state index in [0.29, 0.717) is 18.7 Å². The summed E-state index contributed by atoms with van der Waals surface area (Å²) in [5.41, 5.74) is 6.17. The van der Waals surface area contributed by atoms with E-state index in [9.17, 15) is 9.90 Å². The lowest BCUT2D eigenvalue weighted by Crippen LogP contribution is -2.33. The predicted octanol–water partition coefficient (Wildman–Crippen LogP) is 0.959. The topological polar surface area (TPSA) is 99.7 Å². The van der Waals surface area contributed by atoms with Gasteiger partial charge in [0.05, 0.1) is 17.4 Å². The maximum absolute atomic E-state index is 11.2. The van der Waals surface area contributed by atoms with Crippen LogP contribution in [0.2, 0.25) is 0 Å². The second-order valence-corrected chi connectivity index (χ2v) is 4.30. The zero-order chi connectivity index (χ0) is 13.7.